The maximum Gasteiger partial charge on any atom is 0.341 e. The number of hydrogen-bond acceptors (Lipinski definition) is 3. The first-order valence-corrected chi connectivity index (χ1v) is 6.94. The minimum absolute atomic E-state index is 0.0708. The number of aliphatic carboxylic acids is 1. The molecule has 0 heterocycles. The molecule has 21 heavy (non-hydrogen) atoms. The molecule has 6 heteroatoms. The third-order valence-corrected chi connectivity index (χ3v) is 3.31. The van der Waals surface area contributed by atoms with Crippen molar-refractivity contribution in [2.75, 3.05) is 11.9 Å². The molecule has 0 aliphatic rings. The maximum atomic E-state index is 11.9. The summed E-state index contributed by atoms with van der Waals surface area (Å²) in [5, 5.41) is 14.1. The van der Waals surface area contributed by atoms with E-state index in [-0.39, 0.29) is 12.1 Å². The zero-order valence-corrected chi connectivity index (χ0v) is 12.6. The Morgan fingerprint density at radius 3 is 2.67 bits per heavy atom. The summed E-state index contributed by atoms with van der Waals surface area (Å²) in [6, 6.07) is 6.38. The fourth-order valence-electron chi connectivity index (χ4n) is 1.68. The van der Waals surface area contributed by atoms with Crippen LogP contribution in [0.15, 0.2) is 24.3 Å². The predicted molar refractivity (Wildman–Crippen MR) is 80.6 cm³/mol. The number of anilines is 1. The second kappa shape index (κ2) is 8.14. The maximum absolute atomic E-state index is 11.9. The van der Waals surface area contributed by atoms with Gasteiger partial charge in [-0.1, -0.05) is 26.3 Å². The molecule has 1 aromatic rings. The lowest BCUT2D eigenvalue weighted by molar-refractivity contribution is -0.139. The Bertz CT molecular complexity index is 490. The third-order valence-electron chi connectivity index (χ3n) is 3.31. The number of rotatable bonds is 7. The minimum Gasteiger partial charge on any atom is -0.482 e. The van der Waals surface area contributed by atoms with Crippen molar-refractivity contribution < 1.29 is 19.4 Å². The number of urea groups is 1. The molecular weight excluding hydrogens is 272 g/mol. The van der Waals surface area contributed by atoms with E-state index in [4.69, 9.17) is 9.84 Å². The van der Waals surface area contributed by atoms with Gasteiger partial charge in [-0.2, -0.15) is 0 Å². The summed E-state index contributed by atoms with van der Waals surface area (Å²) in [7, 11) is 0. The summed E-state index contributed by atoms with van der Waals surface area (Å²) in [6.07, 6.45) is 0.986. The third kappa shape index (κ3) is 6.16. The number of benzene rings is 1. The SMILES string of the molecule is CCC(C)C(C)NC(=O)Nc1cccc(OCC(=O)O)c1. The second-order valence-corrected chi connectivity index (χ2v) is 4.98. The lowest BCUT2D eigenvalue weighted by Gasteiger charge is -2.20. The van der Waals surface area contributed by atoms with Crippen molar-refractivity contribution in [2.24, 2.45) is 5.92 Å². The second-order valence-electron chi connectivity index (χ2n) is 4.98. The van der Waals surface area contributed by atoms with E-state index in [0.29, 0.717) is 17.4 Å². The van der Waals surface area contributed by atoms with Crippen LogP contribution in [-0.2, 0) is 4.79 Å². The summed E-state index contributed by atoms with van der Waals surface area (Å²) in [5.41, 5.74) is 0.548. The molecule has 1 aromatic carbocycles. The van der Waals surface area contributed by atoms with Crippen molar-refractivity contribution >= 4 is 17.7 Å². The Labute approximate surface area is 124 Å². The van der Waals surface area contributed by atoms with Crippen LogP contribution >= 0.6 is 0 Å². The first-order chi connectivity index (χ1) is 9.92. The molecule has 2 atom stereocenters. The number of amides is 2. The van der Waals surface area contributed by atoms with Gasteiger partial charge in [-0.05, 0) is 25.0 Å². The van der Waals surface area contributed by atoms with Gasteiger partial charge in [-0.3, -0.25) is 0 Å². The van der Waals surface area contributed by atoms with Crippen molar-refractivity contribution in [3.8, 4) is 5.75 Å². The van der Waals surface area contributed by atoms with Crippen LogP contribution < -0.4 is 15.4 Å². The summed E-state index contributed by atoms with van der Waals surface area (Å²) < 4.78 is 5.06. The quantitative estimate of drug-likeness (QED) is 0.721. The Kier molecular flexibility index (Phi) is 6.52. The van der Waals surface area contributed by atoms with Crippen LogP contribution in [0.5, 0.6) is 5.75 Å². The smallest absolute Gasteiger partial charge is 0.341 e. The summed E-state index contributed by atoms with van der Waals surface area (Å²) in [5.74, 6) is -0.264. The van der Waals surface area contributed by atoms with Gasteiger partial charge >= 0.3 is 12.0 Å². The van der Waals surface area contributed by atoms with Crippen LogP contribution in [0, 0.1) is 5.92 Å². The zero-order valence-electron chi connectivity index (χ0n) is 12.6. The van der Waals surface area contributed by atoms with E-state index < -0.39 is 12.6 Å². The average molecular weight is 294 g/mol. The largest absolute Gasteiger partial charge is 0.482 e. The lowest BCUT2D eigenvalue weighted by Crippen LogP contribution is -2.39. The van der Waals surface area contributed by atoms with Gasteiger partial charge in [0.1, 0.15) is 5.75 Å². The molecule has 0 saturated carbocycles. The molecular formula is C15H22N2O4. The van der Waals surface area contributed by atoms with E-state index in [2.05, 4.69) is 24.5 Å². The molecule has 0 radical (unpaired) electrons. The highest BCUT2D eigenvalue weighted by atomic mass is 16.5. The van der Waals surface area contributed by atoms with E-state index in [0.717, 1.165) is 6.42 Å². The van der Waals surface area contributed by atoms with E-state index in [9.17, 15) is 9.59 Å². The number of carbonyl (C=O) groups is 2. The molecule has 2 unspecified atom stereocenters. The fraction of sp³-hybridized carbons (Fsp3) is 0.467. The number of carboxylic acid groups (broad SMARTS) is 1. The number of hydrogen-bond donors (Lipinski definition) is 3. The van der Waals surface area contributed by atoms with Crippen molar-refractivity contribution in [3.63, 3.8) is 0 Å². The van der Waals surface area contributed by atoms with E-state index in [1.165, 1.54) is 0 Å². The molecule has 0 spiro atoms. The molecule has 3 N–H and O–H groups in total. The van der Waals surface area contributed by atoms with Gasteiger partial charge in [0.15, 0.2) is 6.61 Å². The molecule has 0 aliphatic carbocycles. The van der Waals surface area contributed by atoms with Gasteiger partial charge in [0.25, 0.3) is 0 Å². The number of nitrogens with one attached hydrogen (secondary N) is 2. The van der Waals surface area contributed by atoms with E-state index >= 15 is 0 Å². The normalized spacial score (nSPS) is 13.1. The molecule has 1 rings (SSSR count). The predicted octanol–water partition coefficient (Wildman–Crippen LogP) is 2.71. The first kappa shape index (κ1) is 16.8. The van der Waals surface area contributed by atoms with Crippen LogP contribution in [0.25, 0.3) is 0 Å². The summed E-state index contributed by atoms with van der Waals surface area (Å²) in [6.45, 7) is 5.69. The van der Waals surface area contributed by atoms with Crippen LogP contribution in [-0.4, -0.2) is 29.8 Å². The molecule has 0 aromatic heterocycles. The van der Waals surface area contributed by atoms with Crippen molar-refractivity contribution in [1.29, 1.82) is 0 Å². The van der Waals surface area contributed by atoms with Crippen molar-refractivity contribution in [2.45, 2.75) is 33.2 Å². The highest BCUT2D eigenvalue weighted by molar-refractivity contribution is 5.89. The lowest BCUT2D eigenvalue weighted by atomic mass is 10.0. The molecule has 0 aliphatic heterocycles. The summed E-state index contributed by atoms with van der Waals surface area (Å²) >= 11 is 0. The van der Waals surface area contributed by atoms with Gasteiger partial charge in [-0.25, -0.2) is 9.59 Å². The number of carboxylic acids is 1. The van der Waals surface area contributed by atoms with Gasteiger partial charge in [0.2, 0.25) is 0 Å². The van der Waals surface area contributed by atoms with Gasteiger partial charge in [0, 0.05) is 17.8 Å². The van der Waals surface area contributed by atoms with E-state index in [1.807, 2.05) is 6.92 Å². The van der Waals surface area contributed by atoms with Crippen LogP contribution in [0.1, 0.15) is 27.2 Å². The topological polar surface area (TPSA) is 87.7 Å². The first-order valence-electron chi connectivity index (χ1n) is 6.94. The highest BCUT2D eigenvalue weighted by Gasteiger charge is 2.13. The summed E-state index contributed by atoms with van der Waals surface area (Å²) in [4.78, 5) is 22.3. The van der Waals surface area contributed by atoms with Gasteiger partial charge in [-0.15, -0.1) is 0 Å². The van der Waals surface area contributed by atoms with Crippen molar-refractivity contribution in [1.82, 2.24) is 5.32 Å². The Morgan fingerprint density at radius 2 is 2.05 bits per heavy atom. The Morgan fingerprint density at radius 1 is 1.33 bits per heavy atom. The molecule has 116 valence electrons. The van der Waals surface area contributed by atoms with Gasteiger partial charge in [0.05, 0.1) is 0 Å². The van der Waals surface area contributed by atoms with Crippen LogP contribution in [0.2, 0.25) is 0 Å². The van der Waals surface area contributed by atoms with Crippen LogP contribution in [0.4, 0.5) is 10.5 Å². The molecule has 2 amide bonds. The molecule has 0 bridgehead atoms. The number of carbonyl (C=O) groups excluding carboxylic acids is 1. The fourth-order valence-corrected chi connectivity index (χ4v) is 1.68. The monoisotopic (exact) mass is 294 g/mol. The highest BCUT2D eigenvalue weighted by Crippen LogP contribution is 2.17. The number of ether oxygens (including phenoxy) is 1. The Balaban J connectivity index is 2.56. The van der Waals surface area contributed by atoms with Gasteiger partial charge < -0.3 is 20.5 Å². The van der Waals surface area contributed by atoms with Crippen molar-refractivity contribution in [3.05, 3.63) is 24.3 Å². The Hall–Kier alpha value is -2.24. The average Bonchev–Trinajstić information content (AvgIpc) is 2.44. The minimum atomic E-state index is -1.05. The standard InChI is InChI=1S/C15H22N2O4/c1-4-10(2)11(3)16-15(20)17-12-6-5-7-13(8-12)21-9-14(18)19/h5-8,10-11H,4,9H2,1-3H3,(H,18,19)(H2,16,17,20). The molecule has 0 fully saturated rings. The zero-order chi connectivity index (χ0) is 15.8. The molecule has 6 nitrogen and oxygen atoms in total. The van der Waals surface area contributed by atoms with E-state index in [1.54, 1.807) is 24.3 Å². The van der Waals surface area contributed by atoms with Crippen LogP contribution in [0.3, 0.4) is 0 Å². The molecule has 0 saturated heterocycles.